The van der Waals surface area contributed by atoms with Crippen LogP contribution in [0.3, 0.4) is 0 Å². The number of halogens is 1. The van der Waals surface area contributed by atoms with E-state index >= 15 is 0 Å². The van der Waals surface area contributed by atoms with Gasteiger partial charge in [-0.1, -0.05) is 27.7 Å². The highest BCUT2D eigenvalue weighted by Gasteiger charge is 2.34. The van der Waals surface area contributed by atoms with E-state index in [1.54, 1.807) is 46.5 Å². The van der Waals surface area contributed by atoms with Gasteiger partial charge in [0.15, 0.2) is 5.65 Å². The molecule has 1 N–H and O–H groups in total. The van der Waals surface area contributed by atoms with E-state index in [1.165, 1.54) is 12.1 Å². The van der Waals surface area contributed by atoms with Crippen LogP contribution < -0.4 is 0 Å². The van der Waals surface area contributed by atoms with Crippen molar-refractivity contribution in [1.29, 1.82) is 0 Å². The normalized spacial score (nSPS) is 17.5. The Balaban J connectivity index is 1.59. The Hall–Kier alpha value is -3.33. The topological polar surface area (TPSA) is 91.0 Å². The Labute approximate surface area is 204 Å². The van der Waals surface area contributed by atoms with Gasteiger partial charge >= 0.3 is 0 Å². The van der Waals surface area contributed by atoms with Crippen molar-refractivity contribution in [2.75, 3.05) is 19.6 Å². The highest BCUT2D eigenvalue weighted by molar-refractivity contribution is 5.93. The number of amides is 2. The van der Waals surface area contributed by atoms with Crippen molar-refractivity contribution < 1.29 is 19.1 Å². The fourth-order valence-corrected chi connectivity index (χ4v) is 4.38. The van der Waals surface area contributed by atoms with E-state index in [0.29, 0.717) is 31.0 Å². The van der Waals surface area contributed by atoms with Crippen molar-refractivity contribution in [2.45, 2.75) is 52.7 Å². The van der Waals surface area contributed by atoms with Crippen LogP contribution in [0.5, 0.6) is 0 Å². The summed E-state index contributed by atoms with van der Waals surface area (Å²) in [5.41, 5.74) is 3.27. The number of aliphatic hydroxyl groups is 1. The second-order valence-electron chi connectivity index (χ2n) is 9.86. The largest absolute Gasteiger partial charge is 0.383 e. The first kappa shape index (κ1) is 24.8. The second-order valence-corrected chi connectivity index (χ2v) is 9.86. The zero-order valence-electron chi connectivity index (χ0n) is 20.8. The van der Waals surface area contributed by atoms with E-state index in [4.69, 9.17) is 0 Å². The SMILES string of the molecule is CC(C)c1cc(-c2ccc(F)cc2)nn2cc(C(=O)N3CCN(C(=O)C(O)C(C)C)[C@@H](C)C3)nc12. The molecule has 35 heavy (non-hydrogen) atoms. The average molecular weight is 482 g/mol. The molecule has 1 unspecified atom stereocenters. The number of rotatable bonds is 5. The molecule has 1 aromatic carbocycles. The summed E-state index contributed by atoms with van der Waals surface area (Å²) in [6, 6.07) is 7.85. The van der Waals surface area contributed by atoms with Gasteiger partial charge in [-0.05, 0) is 49.1 Å². The van der Waals surface area contributed by atoms with Gasteiger partial charge < -0.3 is 14.9 Å². The van der Waals surface area contributed by atoms with E-state index in [2.05, 4.69) is 10.1 Å². The molecule has 1 aliphatic heterocycles. The fourth-order valence-electron chi connectivity index (χ4n) is 4.38. The molecule has 4 rings (SSSR count). The molecule has 0 bridgehead atoms. The molecule has 0 saturated carbocycles. The lowest BCUT2D eigenvalue weighted by Crippen LogP contribution is -2.58. The van der Waals surface area contributed by atoms with Gasteiger partial charge in [0.05, 0.1) is 11.9 Å². The van der Waals surface area contributed by atoms with Crippen LogP contribution in [0.15, 0.2) is 36.5 Å². The Morgan fingerprint density at radius 3 is 2.40 bits per heavy atom. The summed E-state index contributed by atoms with van der Waals surface area (Å²) in [5, 5.41) is 14.8. The van der Waals surface area contributed by atoms with Crippen LogP contribution in [-0.4, -0.2) is 73.1 Å². The molecule has 186 valence electrons. The molecule has 0 radical (unpaired) electrons. The van der Waals surface area contributed by atoms with E-state index in [0.717, 1.165) is 11.1 Å². The van der Waals surface area contributed by atoms with Crippen molar-refractivity contribution in [2.24, 2.45) is 5.92 Å². The lowest BCUT2D eigenvalue weighted by atomic mass is 10.0. The van der Waals surface area contributed by atoms with Gasteiger partial charge in [-0.2, -0.15) is 5.10 Å². The Morgan fingerprint density at radius 1 is 1.11 bits per heavy atom. The summed E-state index contributed by atoms with van der Waals surface area (Å²) >= 11 is 0. The Bertz CT molecular complexity index is 1240. The van der Waals surface area contributed by atoms with Gasteiger partial charge in [0.1, 0.15) is 17.6 Å². The van der Waals surface area contributed by atoms with Gasteiger partial charge in [-0.15, -0.1) is 0 Å². The van der Waals surface area contributed by atoms with Crippen LogP contribution in [0.25, 0.3) is 16.9 Å². The number of hydrogen-bond donors (Lipinski definition) is 1. The minimum atomic E-state index is -1.05. The monoisotopic (exact) mass is 481 g/mol. The van der Waals surface area contributed by atoms with Gasteiger partial charge in [0.2, 0.25) is 0 Å². The van der Waals surface area contributed by atoms with Gasteiger partial charge in [-0.3, -0.25) is 9.59 Å². The van der Waals surface area contributed by atoms with Crippen LogP contribution in [0.1, 0.15) is 56.6 Å². The number of imidazole rings is 1. The minimum Gasteiger partial charge on any atom is -0.383 e. The zero-order valence-corrected chi connectivity index (χ0v) is 20.8. The lowest BCUT2D eigenvalue weighted by Gasteiger charge is -2.40. The molecule has 2 amide bonds. The van der Waals surface area contributed by atoms with Crippen LogP contribution in [0.4, 0.5) is 4.39 Å². The maximum Gasteiger partial charge on any atom is 0.274 e. The lowest BCUT2D eigenvalue weighted by molar-refractivity contribution is -0.146. The molecule has 2 aromatic heterocycles. The number of benzene rings is 1. The number of aliphatic hydroxyl groups excluding tert-OH is 1. The fraction of sp³-hybridized carbons (Fsp3) is 0.462. The smallest absolute Gasteiger partial charge is 0.274 e. The van der Waals surface area contributed by atoms with Crippen molar-refractivity contribution in [3.63, 3.8) is 0 Å². The van der Waals surface area contributed by atoms with Crippen LogP contribution in [0, 0.1) is 11.7 Å². The maximum absolute atomic E-state index is 13.4. The molecule has 8 nitrogen and oxygen atoms in total. The van der Waals surface area contributed by atoms with Gasteiger partial charge in [-0.25, -0.2) is 13.9 Å². The molecule has 2 atom stereocenters. The molecule has 9 heteroatoms. The van der Waals surface area contributed by atoms with Crippen molar-refractivity contribution in [3.05, 3.63) is 53.6 Å². The number of fused-ring (bicyclic) bond motifs is 1. The molecular weight excluding hydrogens is 449 g/mol. The first-order valence-electron chi connectivity index (χ1n) is 12.0. The third-order valence-corrected chi connectivity index (χ3v) is 6.52. The summed E-state index contributed by atoms with van der Waals surface area (Å²) in [6.45, 7) is 10.6. The van der Waals surface area contributed by atoms with Crippen molar-refractivity contribution in [3.8, 4) is 11.3 Å². The van der Waals surface area contributed by atoms with E-state index in [-0.39, 0.29) is 41.2 Å². The molecule has 0 aliphatic carbocycles. The number of piperazine rings is 1. The standard InChI is InChI=1S/C26H32FN5O3/c1-15(2)20-12-21(18-6-8-19(27)9-7-18)29-32-14-22(28-24(20)32)25(34)30-10-11-31(17(5)13-30)26(35)23(33)16(3)4/h6-9,12,14-17,23,33H,10-11,13H2,1-5H3/t17-,23?/m0/s1. The predicted molar refractivity (Wildman–Crippen MR) is 130 cm³/mol. The first-order chi connectivity index (χ1) is 16.6. The molecule has 1 saturated heterocycles. The van der Waals surface area contributed by atoms with Crippen molar-refractivity contribution in [1.82, 2.24) is 24.4 Å². The number of hydrogen-bond acceptors (Lipinski definition) is 5. The molecular formula is C26H32FN5O3. The zero-order chi connectivity index (χ0) is 25.4. The summed E-state index contributed by atoms with van der Waals surface area (Å²) < 4.78 is 15.0. The number of nitrogens with zero attached hydrogens (tertiary/aromatic N) is 5. The maximum atomic E-state index is 13.4. The van der Waals surface area contributed by atoms with Crippen LogP contribution in [0.2, 0.25) is 0 Å². The predicted octanol–water partition coefficient (Wildman–Crippen LogP) is 3.35. The number of carbonyl (C=O) groups excluding carboxylic acids is 2. The van der Waals surface area contributed by atoms with E-state index in [9.17, 15) is 19.1 Å². The summed E-state index contributed by atoms with van der Waals surface area (Å²) in [6.07, 6.45) is 0.579. The summed E-state index contributed by atoms with van der Waals surface area (Å²) in [4.78, 5) is 33.9. The third-order valence-electron chi connectivity index (χ3n) is 6.52. The van der Waals surface area contributed by atoms with E-state index in [1.807, 2.05) is 26.8 Å². The van der Waals surface area contributed by atoms with Crippen molar-refractivity contribution >= 4 is 17.5 Å². The van der Waals surface area contributed by atoms with Gasteiger partial charge in [0.25, 0.3) is 11.8 Å². The quantitative estimate of drug-likeness (QED) is 0.604. The molecule has 3 aromatic rings. The van der Waals surface area contributed by atoms with Crippen LogP contribution >= 0.6 is 0 Å². The number of aromatic nitrogens is 3. The molecule has 0 spiro atoms. The first-order valence-corrected chi connectivity index (χ1v) is 12.0. The highest BCUT2D eigenvalue weighted by Crippen LogP contribution is 2.26. The van der Waals surface area contributed by atoms with Crippen LogP contribution in [-0.2, 0) is 4.79 Å². The summed E-state index contributed by atoms with van der Waals surface area (Å²) in [7, 11) is 0. The molecule has 3 heterocycles. The Kier molecular flexibility index (Phi) is 6.89. The third kappa shape index (κ3) is 4.91. The second kappa shape index (κ2) is 9.73. The minimum absolute atomic E-state index is 0.131. The molecule has 1 fully saturated rings. The number of carbonyl (C=O) groups is 2. The molecule has 1 aliphatic rings. The van der Waals surface area contributed by atoms with E-state index < -0.39 is 6.10 Å². The highest BCUT2D eigenvalue weighted by atomic mass is 19.1. The summed E-state index contributed by atoms with van der Waals surface area (Å²) in [5.74, 6) is -0.880. The average Bonchev–Trinajstić information content (AvgIpc) is 3.26. The van der Waals surface area contributed by atoms with Gasteiger partial charge in [0, 0.05) is 36.8 Å². The Morgan fingerprint density at radius 2 is 1.80 bits per heavy atom.